The van der Waals surface area contributed by atoms with Crippen LogP contribution in [0.2, 0.25) is 0 Å². The summed E-state index contributed by atoms with van der Waals surface area (Å²) in [5, 5.41) is 7.22. The van der Waals surface area contributed by atoms with Gasteiger partial charge in [0.2, 0.25) is 0 Å². The number of para-hydroxylation sites is 4. The number of nitrogens with zero attached hydrogens (tertiary/aromatic N) is 2. The van der Waals surface area contributed by atoms with Crippen molar-refractivity contribution >= 4 is 54.5 Å². The smallest absolute Gasteiger partial charge is 0.298 e. The molecule has 2 aromatic heterocycles. The van der Waals surface area contributed by atoms with E-state index in [2.05, 4.69) is 163 Å². The molecule has 44 heavy (non-hydrogen) atoms. The highest BCUT2D eigenvalue weighted by molar-refractivity contribution is 6.18. The lowest BCUT2D eigenvalue weighted by Gasteiger charge is -2.11. The zero-order chi connectivity index (χ0) is 29.4. The molecule has 0 bridgehead atoms. The normalized spacial score (nSPS) is 11.9. The highest BCUT2D eigenvalue weighted by Gasteiger charge is 2.30. The molecule has 0 spiro atoms. The van der Waals surface area contributed by atoms with Gasteiger partial charge in [0.1, 0.15) is 16.8 Å². The van der Waals surface area contributed by atoms with Crippen LogP contribution in [-0.4, -0.2) is 4.57 Å². The average molecular weight is 566 g/mol. The van der Waals surface area contributed by atoms with E-state index in [0.717, 1.165) is 50.1 Å². The predicted octanol–water partition coefficient (Wildman–Crippen LogP) is 10.3. The van der Waals surface area contributed by atoms with Crippen molar-refractivity contribution in [1.82, 2.24) is 4.57 Å². The van der Waals surface area contributed by atoms with Gasteiger partial charge in [0.25, 0.3) is 5.82 Å². The number of imidazole rings is 1. The van der Waals surface area contributed by atoms with Crippen LogP contribution in [0, 0.1) is 6.92 Å². The number of aryl methyl sites for hydroxylation is 2. The van der Waals surface area contributed by atoms with Gasteiger partial charge in [0.05, 0.1) is 7.05 Å². The Morgan fingerprint density at radius 1 is 0.545 bits per heavy atom. The standard InChI is InChI=1S/C41H29N2O/c1-26-23-24-34-32-19-12-20-33(35-25-27-13-6-7-16-29(27)30-17-8-9-18-31(30)35)39(32)44-40(34)38(26)41-42(2)36-21-10-11-22-37(36)43(41)28-14-4-3-5-15-28/h3-25H,1-2H3/q+1. The molecule has 3 nitrogen and oxygen atoms in total. The average Bonchev–Trinajstić information content (AvgIpc) is 3.60. The van der Waals surface area contributed by atoms with Crippen LogP contribution in [0.5, 0.6) is 0 Å². The number of fused-ring (bicyclic) bond motifs is 7. The summed E-state index contributed by atoms with van der Waals surface area (Å²) < 4.78 is 11.7. The second kappa shape index (κ2) is 9.42. The third kappa shape index (κ3) is 3.47. The molecule has 0 radical (unpaired) electrons. The molecule has 0 aliphatic carbocycles. The van der Waals surface area contributed by atoms with Crippen molar-refractivity contribution < 1.29 is 8.98 Å². The van der Waals surface area contributed by atoms with Crippen molar-refractivity contribution in [2.24, 2.45) is 7.05 Å². The van der Waals surface area contributed by atoms with Gasteiger partial charge >= 0.3 is 0 Å². The predicted molar refractivity (Wildman–Crippen MR) is 182 cm³/mol. The molecule has 0 amide bonds. The van der Waals surface area contributed by atoms with Crippen LogP contribution in [0.15, 0.2) is 144 Å². The van der Waals surface area contributed by atoms with Crippen molar-refractivity contribution in [3.05, 3.63) is 145 Å². The largest absolute Gasteiger partial charge is 0.454 e. The Kier molecular flexibility index (Phi) is 5.33. The fourth-order valence-electron chi connectivity index (χ4n) is 7.16. The van der Waals surface area contributed by atoms with Gasteiger partial charge in [0, 0.05) is 16.3 Å². The first kappa shape index (κ1) is 24.9. The molecular formula is C41H29N2O+. The number of furan rings is 1. The molecule has 3 heteroatoms. The fraction of sp³-hybridized carbons (Fsp3) is 0.0488. The van der Waals surface area contributed by atoms with E-state index < -0.39 is 0 Å². The van der Waals surface area contributed by atoms with Gasteiger partial charge in [-0.05, 0) is 69.9 Å². The Morgan fingerprint density at radius 2 is 1.23 bits per heavy atom. The first-order valence-corrected chi connectivity index (χ1v) is 15.1. The maximum Gasteiger partial charge on any atom is 0.298 e. The highest BCUT2D eigenvalue weighted by Crippen LogP contribution is 2.44. The molecule has 7 aromatic carbocycles. The summed E-state index contributed by atoms with van der Waals surface area (Å²) in [7, 11) is 2.16. The van der Waals surface area contributed by atoms with Crippen LogP contribution in [0.25, 0.3) is 82.7 Å². The molecule has 0 saturated heterocycles. The monoisotopic (exact) mass is 565 g/mol. The molecular weight excluding hydrogens is 536 g/mol. The Balaban J connectivity index is 1.39. The van der Waals surface area contributed by atoms with E-state index in [1.807, 2.05) is 0 Å². The quantitative estimate of drug-likeness (QED) is 0.154. The minimum Gasteiger partial charge on any atom is -0.454 e. The summed E-state index contributed by atoms with van der Waals surface area (Å²) in [5.74, 6) is 1.09. The molecule has 2 heterocycles. The Bertz CT molecular complexity index is 2570. The summed E-state index contributed by atoms with van der Waals surface area (Å²) in [6.45, 7) is 2.19. The van der Waals surface area contributed by atoms with E-state index in [0.29, 0.717) is 0 Å². The number of hydrogen-bond acceptors (Lipinski definition) is 1. The van der Waals surface area contributed by atoms with E-state index in [1.54, 1.807) is 0 Å². The van der Waals surface area contributed by atoms with Crippen LogP contribution >= 0.6 is 0 Å². The molecule has 0 N–H and O–H groups in total. The Hall–Kier alpha value is -5.67. The first-order chi connectivity index (χ1) is 21.7. The number of rotatable bonds is 3. The molecule has 208 valence electrons. The zero-order valence-electron chi connectivity index (χ0n) is 24.6. The van der Waals surface area contributed by atoms with Crippen LogP contribution in [0.3, 0.4) is 0 Å². The summed E-state index contributed by atoms with van der Waals surface area (Å²) in [5.41, 5.74) is 9.85. The van der Waals surface area contributed by atoms with E-state index in [4.69, 9.17) is 4.42 Å². The summed E-state index contributed by atoms with van der Waals surface area (Å²) in [6.07, 6.45) is 0. The zero-order valence-corrected chi connectivity index (χ0v) is 24.6. The van der Waals surface area contributed by atoms with Gasteiger partial charge in [-0.3, -0.25) is 0 Å². The van der Waals surface area contributed by atoms with Gasteiger partial charge in [-0.2, -0.15) is 4.57 Å². The van der Waals surface area contributed by atoms with E-state index >= 15 is 0 Å². The van der Waals surface area contributed by atoms with Crippen LogP contribution in [0.4, 0.5) is 0 Å². The van der Waals surface area contributed by atoms with Crippen molar-refractivity contribution in [1.29, 1.82) is 0 Å². The maximum absolute atomic E-state index is 7.08. The van der Waals surface area contributed by atoms with Crippen molar-refractivity contribution in [2.45, 2.75) is 6.92 Å². The van der Waals surface area contributed by atoms with Gasteiger partial charge in [0.15, 0.2) is 16.6 Å². The Morgan fingerprint density at radius 3 is 2.09 bits per heavy atom. The minimum absolute atomic E-state index is 0.910. The maximum atomic E-state index is 7.08. The number of benzene rings is 7. The topological polar surface area (TPSA) is 21.9 Å². The molecule has 0 unspecified atom stereocenters. The fourth-order valence-corrected chi connectivity index (χ4v) is 7.16. The van der Waals surface area contributed by atoms with E-state index in [-0.39, 0.29) is 0 Å². The van der Waals surface area contributed by atoms with E-state index in [9.17, 15) is 0 Å². The van der Waals surface area contributed by atoms with Crippen LogP contribution < -0.4 is 4.57 Å². The Labute approximate surface area is 254 Å². The molecule has 0 aliphatic rings. The molecule has 0 atom stereocenters. The third-order valence-electron chi connectivity index (χ3n) is 9.19. The molecule has 0 fully saturated rings. The van der Waals surface area contributed by atoms with Crippen LogP contribution in [0.1, 0.15) is 5.56 Å². The summed E-state index contributed by atoms with van der Waals surface area (Å²) >= 11 is 0. The second-order valence-electron chi connectivity index (χ2n) is 11.7. The van der Waals surface area contributed by atoms with Crippen LogP contribution in [-0.2, 0) is 7.05 Å². The van der Waals surface area contributed by atoms with Crippen molar-refractivity contribution in [2.75, 3.05) is 0 Å². The second-order valence-corrected chi connectivity index (χ2v) is 11.7. The van der Waals surface area contributed by atoms with Gasteiger partial charge in [-0.15, -0.1) is 0 Å². The SMILES string of the molecule is Cc1ccc2c(oc3c(-c4cc5ccccc5c5ccccc45)cccc32)c1-c1n(-c2ccccc2)c2ccccc2[n+]1C. The minimum atomic E-state index is 0.910. The van der Waals surface area contributed by atoms with Gasteiger partial charge in [-0.1, -0.05) is 109 Å². The third-order valence-corrected chi connectivity index (χ3v) is 9.19. The summed E-state index contributed by atoms with van der Waals surface area (Å²) in [4.78, 5) is 0. The van der Waals surface area contributed by atoms with Gasteiger partial charge in [-0.25, -0.2) is 4.57 Å². The lowest BCUT2D eigenvalue weighted by atomic mass is 9.92. The van der Waals surface area contributed by atoms with E-state index in [1.165, 1.54) is 38.2 Å². The highest BCUT2D eigenvalue weighted by atomic mass is 16.3. The van der Waals surface area contributed by atoms with Gasteiger partial charge < -0.3 is 4.42 Å². The first-order valence-electron chi connectivity index (χ1n) is 15.1. The number of hydrogen-bond donors (Lipinski definition) is 0. The number of aromatic nitrogens is 2. The van der Waals surface area contributed by atoms with Crippen molar-refractivity contribution in [3.63, 3.8) is 0 Å². The molecule has 0 aliphatic heterocycles. The van der Waals surface area contributed by atoms with Crippen molar-refractivity contribution in [3.8, 4) is 28.2 Å². The molecule has 9 rings (SSSR count). The molecule has 9 aromatic rings. The lowest BCUT2D eigenvalue weighted by Crippen LogP contribution is -2.30. The molecule has 0 saturated carbocycles. The summed E-state index contributed by atoms with van der Waals surface area (Å²) in [6, 6.07) is 49.9. The lowest BCUT2D eigenvalue weighted by molar-refractivity contribution is -0.633.